The third-order valence-electron chi connectivity index (χ3n) is 2.17. The predicted octanol–water partition coefficient (Wildman–Crippen LogP) is -2.62. The van der Waals surface area contributed by atoms with Crippen molar-refractivity contribution in [1.82, 2.24) is 0 Å². The maximum atomic E-state index is 5.41. The van der Waals surface area contributed by atoms with Gasteiger partial charge in [-0.2, -0.15) is 0 Å². The third-order valence-corrected chi connectivity index (χ3v) is 2.17. The van der Waals surface area contributed by atoms with E-state index in [1.165, 1.54) is 0 Å². The maximum absolute atomic E-state index is 5.41. The van der Waals surface area contributed by atoms with Crippen LogP contribution >= 0.6 is 0 Å². The Hall–Kier alpha value is 0.570. The second-order valence-electron chi connectivity index (χ2n) is 3.98. The zero-order valence-electron chi connectivity index (χ0n) is 10.3. The van der Waals surface area contributed by atoms with E-state index >= 15 is 0 Å². The van der Waals surface area contributed by atoms with Crippen LogP contribution in [0.4, 0.5) is 0 Å². The van der Waals surface area contributed by atoms with E-state index in [9.17, 15) is 0 Å². The molecule has 0 spiro atoms. The molecule has 0 fully saturated rings. The van der Waals surface area contributed by atoms with Gasteiger partial charge in [0.1, 0.15) is 13.1 Å². The lowest BCUT2D eigenvalue weighted by Crippen LogP contribution is -3.00. The van der Waals surface area contributed by atoms with E-state index in [0.717, 1.165) is 30.8 Å². The first-order valence-electron chi connectivity index (χ1n) is 5.00. The van der Waals surface area contributed by atoms with E-state index in [1.54, 1.807) is 14.2 Å². The summed E-state index contributed by atoms with van der Waals surface area (Å²) in [6, 6.07) is 0. The number of halogens is 1. The molecule has 0 aromatic heterocycles. The summed E-state index contributed by atoms with van der Waals surface area (Å²) >= 11 is 0. The molecule has 15 heavy (non-hydrogen) atoms. The number of ether oxygens (including phenoxy) is 3. The van der Waals surface area contributed by atoms with E-state index in [1.807, 2.05) is 0 Å². The average molecular weight is 333 g/mol. The number of rotatable bonds is 9. The van der Waals surface area contributed by atoms with Gasteiger partial charge in [0.05, 0.1) is 40.5 Å². The fourth-order valence-electron chi connectivity index (χ4n) is 1.01. The Morgan fingerprint density at radius 3 is 1.87 bits per heavy atom. The fraction of sp³-hybridized carbons (Fsp3) is 1.00. The van der Waals surface area contributed by atoms with Gasteiger partial charge in [-0.1, -0.05) is 0 Å². The van der Waals surface area contributed by atoms with Gasteiger partial charge in [0.15, 0.2) is 0 Å². The van der Waals surface area contributed by atoms with Crippen molar-refractivity contribution in [3.05, 3.63) is 0 Å². The zero-order valence-corrected chi connectivity index (χ0v) is 12.5. The molecule has 0 heterocycles. The normalized spacial score (nSPS) is 11.2. The van der Waals surface area contributed by atoms with Crippen LogP contribution in [0.2, 0.25) is 0 Å². The van der Waals surface area contributed by atoms with E-state index < -0.39 is 0 Å². The third kappa shape index (κ3) is 12.5. The van der Waals surface area contributed by atoms with Crippen LogP contribution in [0.25, 0.3) is 0 Å². The molecule has 0 aromatic carbocycles. The second kappa shape index (κ2) is 11.1. The molecule has 0 atom stereocenters. The van der Waals surface area contributed by atoms with Crippen LogP contribution in [0.3, 0.4) is 0 Å². The number of likely N-dealkylation sites (N-methyl/N-ethyl adjacent to an activating group) is 1. The van der Waals surface area contributed by atoms with Gasteiger partial charge in [0.2, 0.25) is 0 Å². The van der Waals surface area contributed by atoms with Crippen molar-refractivity contribution in [2.45, 2.75) is 0 Å². The van der Waals surface area contributed by atoms with E-state index in [2.05, 4.69) is 14.1 Å². The minimum Gasteiger partial charge on any atom is -1.00 e. The highest BCUT2D eigenvalue weighted by atomic mass is 127. The Labute approximate surface area is 110 Å². The van der Waals surface area contributed by atoms with Crippen molar-refractivity contribution < 1.29 is 42.7 Å². The highest BCUT2D eigenvalue weighted by molar-refractivity contribution is 4.35. The summed E-state index contributed by atoms with van der Waals surface area (Å²) < 4.78 is 16.3. The molecule has 0 bridgehead atoms. The summed E-state index contributed by atoms with van der Waals surface area (Å²) in [6.07, 6.45) is 0. The predicted molar refractivity (Wildman–Crippen MR) is 56.4 cm³/mol. The Bertz CT molecular complexity index is 134. The van der Waals surface area contributed by atoms with Crippen LogP contribution in [0, 0.1) is 0 Å². The summed E-state index contributed by atoms with van der Waals surface area (Å²) in [4.78, 5) is 0. The van der Waals surface area contributed by atoms with Crippen LogP contribution in [0.1, 0.15) is 0 Å². The number of quaternary nitrogens is 1. The standard InChI is InChI=1S/C10H24NO3.HI/c1-11(2,5-7-12-3)6-8-14-10-9-13-4;/h5-10H2,1-4H3;1H/q+1;/p-1. The van der Waals surface area contributed by atoms with Crippen molar-refractivity contribution in [3.63, 3.8) is 0 Å². The summed E-state index contributed by atoms with van der Waals surface area (Å²) in [5.74, 6) is 0. The molecular weight excluding hydrogens is 309 g/mol. The van der Waals surface area contributed by atoms with Crippen molar-refractivity contribution in [1.29, 1.82) is 0 Å². The summed E-state index contributed by atoms with van der Waals surface area (Å²) in [6.45, 7) is 4.95. The zero-order chi connectivity index (χ0) is 10.9. The minimum atomic E-state index is 0. The smallest absolute Gasteiger partial charge is 0.102 e. The quantitative estimate of drug-likeness (QED) is 0.263. The van der Waals surface area contributed by atoms with Crippen LogP contribution in [0.5, 0.6) is 0 Å². The summed E-state index contributed by atoms with van der Waals surface area (Å²) in [7, 11) is 7.77. The van der Waals surface area contributed by atoms with Crippen LogP contribution in [-0.4, -0.2) is 72.3 Å². The lowest BCUT2D eigenvalue weighted by Gasteiger charge is -2.29. The van der Waals surface area contributed by atoms with Crippen LogP contribution in [-0.2, 0) is 14.2 Å². The molecule has 0 aromatic rings. The van der Waals surface area contributed by atoms with Gasteiger partial charge in [-0.25, -0.2) is 0 Å². The molecule has 0 rings (SSSR count). The molecule has 5 heteroatoms. The summed E-state index contributed by atoms with van der Waals surface area (Å²) in [5, 5.41) is 0. The molecule has 0 radical (unpaired) electrons. The number of hydrogen-bond acceptors (Lipinski definition) is 3. The molecule has 0 aliphatic rings. The molecule has 0 amide bonds. The lowest BCUT2D eigenvalue weighted by molar-refractivity contribution is -0.891. The van der Waals surface area contributed by atoms with Gasteiger partial charge in [-0.15, -0.1) is 0 Å². The van der Waals surface area contributed by atoms with Crippen molar-refractivity contribution in [2.75, 3.05) is 67.8 Å². The van der Waals surface area contributed by atoms with Gasteiger partial charge in [-0.3, -0.25) is 0 Å². The van der Waals surface area contributed by atoms with Gasteiger partial charge in [0.25, 0.3) is 0 Å². The first-order valence-corrected chi connectivity index (χ1v) is 5.00. The van der Waals surface area contributed by atoms with Gasteiger partial charge in [-0.05, 0) is 0 Å². The molecule has 0 saturated heterocycles. The van der Waals surface area contributed by atoms with Crippen molar-refractivity contribution in [2.24, 2.45) is 0 Å². The lowest BCUT2D eigenvalue weighted by atomic mass is 10.4. The SMILES string of the molecule is COCCOCC[N+](C)(C)CCOC.[I-]. The minimum absolute atomic E-state index is 0. The largest absolute Gasteiger partial charge is 1.00 e. The first kappa shape index (κ1) is 17.9. The number of methoxy groups -OCH3 is 2. The Kier molecular flexibility index (Phi) is 13.2. The molecule has 4 nitrogen and oxygen atoms in total. The van der Waals surface area contributed by atoms with Gasteiger partial charge < -0.3 is 42.7 Å². The highest BCUT2D eigenvalue weighted by Gasteiger charge is 2.13. The molecule has 94 valence electrons. The monoisotopic (exact) mass is 333 g/mol. The van der Waals surface area contributed by atoms with Crippen molar-refractivity contribution in [3.8, 4) is 0 Å². The van der Waals surface area contributed by atoms with E-state index in [0.29, 0.717) is 13.2 Å². The van der Waals surface area contributed by atoms with Crippen LogP contribution in [0.15, 0.2) is 0 Å². The fourth-order valence-corrected chi connectivity index (χ4v) is 1.01. The van der Waals surface area contributed by atoms with Gasteiger partial charge in [0, 0.05) is 14.2 Å². The Morgan fingerprint density at radius 2 is 1.33 bits per heavy atom. The molecule has 0 unspecified atom stereocenters. The van der Waals surface area contributed by atoms with E-state index in [4.69, 9.17) is 14.2 Å². The van der Waals surface area contributed by atoms with Gasteiger partial charge >= 0.3 is 0 Å². The molecular formula is C10H24INO3. The van der Waals surface area contributed by atoms with Crippen molar-refractivity contribution >= 4 is 0 Å². The summed E-state index contributed by atoms with van der Waals surface area (Å²) in [5.41, 5.74) is 0. The maximum Gasteiger partial charge on any atom is 0.102 e. The second-order valence-corrected chi connectivity index (χ2v) is 3.98. The van der Waals surface area contributed by atoms with E-state index in [-0.39, 0.29) is 24.0 Å². The topological polar surface area (TPSA) is 27.7 Å². The highest BCUT2D eigenvalue weighted by Crippen LogP contribution is 1.96. The molecule has 0 N–H and O–H groups in total. The first-order chi connectivity index (χ1) is 6.62. The Balaban J connectivity index is 0. The number of nitrogens with zero attached hydrogens (tertiary/aromatic N) is 1. The molecule has 0 saturated carbocycles. The number of hydrogen-bond donors (Lipinski definition) is 0. The van der Waals surface area contributed by atoms with Crippen LogP contribution < -0.4 is 24.0 Å². The molecule has 0 aliphatic carbocycles. The molecule has 0 aliphatic heterocycles. The Morgan fingerprint density at radius 1 is 0.800 bits per heavy atom. The average Bonchev–Trinajstić information content (AvgIpc) is 2.15.